The number of fused-ring (bicyclic) bond motifs is 1. The van der Waals surface area contributed by atoms with Gasteiger partial charge in [0.05, 0.1) is 39.5 Å². The molecule has 0 aliphatic carbocycles. The van der Waals surface area contributed by atoms with Crippen molar-refractivity contribution in [1.29, 1.82) is 5.26 Å². The Morgan fingerprint density at radius 1 is 1.02 bits per heavy atom. The molecule has 1 unspecified atom stereocenters. The van der Waals surface area contributed by atoms with Crippen LogP contribution >= 0.6 is 12.2 Å². The number of benzene rings is 3. The summed E-state index contributed by atoms with van der Waals surface area (Å²) in [6, 6.07) is 9.97. The van der Waals surface area contributed by atoms with Gasteiger partial charge in [0.15, 0.2) is 17.5 Å². The van der Waals surface area contributed by atoms with E-state index in [1.807, 2.05) is 0 Å². The van der Waals surface area contributed by atoms with Crippen LogP contribution in [0.3, 0.4) is 0 Å². The molecule has 308 valence electrons. The van der Waals surface area contributed by atoms with Gasteiger partial charge in [-0.1, -0.05) is 6.07 Å². The van der Waals surface area contributed by atoms with E-state index in [9.17, 15) is 41.9 Å². The summed E-state index contributed by atoms with van der Waals surface area (Å²) in [6.07, 6.45) is -4.45. The number of alkyl halides is 3. The van der Waals surface area contributed by atoms with Gasteiger partial charge >= 0.3 is 6.18 Å². The normalized spacial score (nSPS) is 17.5. The van der Waals surface area contributed by atoms with Crippen LogP contribution in [0.2, 0.25) is 0 Å². The molecular weight excluding hydrogens is 806 g/mol. The number of unbranched alkanes of at least 4 members (excludes halogenated alkanes) is 1. The quantitative estimate of drug-likeness (QED) is 0.102. The smallest absolute Gasteiger partial charge is 0.420 e. The third-order valence-electron chi connectivity index (χ3n) is 9.84. The Labute approximate surface area is 338 Å². The zero-order valence-electron chi connectivity index (χ0n) is 31.3. The third kappa shape index (κ3) is 8.28. The van der Waals surface area contributed by atoms with E-state index in [0.29, 0.717) is 12.8 Å². The molecule has 0 aromatic heterocycles. The van der Waals surface area contributed by atoms with Gasteiger partial charge in [-0.3, -0.25) is 39.0 Å². The van der Waals surface area contributed by atoms with Gasteiger partial charge in [0.1, 0.15) is 23.2 Å². The number of hydrogen-bond acceptors (Lipinski definition) is 9. The summed E-state index contributed by atoms with van der Waals surface area (Å²) in [5.41, 5.74) is -4.34. The summed E-state index contributed by atoms with van der Waals surface area (Å²) in [7, 11) is 0. The number of carbonyl (C=O) groups excluding carboxylic acids is 6. The van der Waals surface area contributed by atoms with Crippen molar-refractivity contribution in [2.24, 2.45) is 0 Å². The molecule has 3 aromatic carbocycles. The number of carbonyl (C=O) groups is 6. The molecule has 1 atom stereocenters. The number of ether oxygens (including phenoxy) is 1. The maximum absolute atomic E-state index is 15.4. The molecule has 3 heterocycles. The lowest BCUT2D eigenvalue weighted by atomic mass is 10.0. The Morgan fingerprint density at radius 3 is 2.39 bits per heavy atom. The number of rotatable bonds is 12. The van der Waals surface area contributed by atoms with Gasteiger partial charge in [-0.25, -0.2) is 8.78 Å². The molecule has 14 nitrogen and oxygen atoms in total. The van der Waals surface area contributed by atoms with E-state index in [0.717, 1.165) is 28.0 Å². The van der Waals surface area contributed by atoms with Crippen molar-refractivity contribution < 1.29 is 55.5 Å². The van der Waals surface area contributed by atoms with Crippen LogP contribution in [0.1, 0.15) is 81.7 Å². The zero-order chi connectivity index (χ0) is 43.0. The fourth-order valence-electron chi connectivity index (χ4n) is 7.10. The molecule has 0 radical (unpaired) electrons. The SMILES string of the molecule is CC1(C)CN(c2ccc(C#N)c(C(F)(F)F)c2F)C(=S)N1c1ccc(C(=O)NCCCCNC(=O)COc2cccc3c2C(=O)N(C2CCC(=O)NC2=O)C3=O)c(F)c1. The van der Waals surface area contributed by atoms with E-state index in [-0.39, 0.29) is 65.7 Å². The molecule has 0 spiro atoms. The Kier molecular flexibility index (Phi) is 11.7. The number of nitrogens with one attached hydrogen (secondary N) is 3. The minimum atomic E-state index is -5.15. The first-order chi connectivity index (χ1) is 27.8. The van der Waals surface area contributed by atoms with E-state index in [1.165, 1.54) is 41.3 Å². The first-order valence-corrected chi connectivity index (χ1v) is 18.5. The van der Waals surface area contributed by atoms with E-state index in [1.54, 1.807) is 13.8 Å². The molecule has 2 fully saturated rings. The number of imide groups is 2. The lowest BCUT2D eigenvalue weighted by Gasteiger charge is -2.31. The summed E-state index contributed by atoms with van der Waals surface area (Å²) in [5, 5.41) is 16.3. The van der Waals surface area contributed by atoms with Crippen LogP contribution in [0.4, 0.5) is 33.3 Å². The second-order valence-corrected chi connectivity index (χ2v) is 14.7. The minimum Gasteiger partial charge on any atom is -0.483 e. The van der Waals surface area contributed by atoms with E-state index in [2.05, 4.69) is 16.0 Å². The molecule has 6 rings (SSSR count). The highest BCUT2D eigenvalue weighted by Crippen LogP contribution is 2.41. The monoisotopic (exact) mass is 839 g/mol. The lowest BCUT2D eigenvalue weighted by molar-refractivity contribution is -0.140. The van der Waals surface area contributed by atoms with Gasteiger partial charge in [-0.05, 0) is 87.8 Å². The Bertz CT molecular complexity index is 2350. The lowest BCUT2D eigenvalue weighted by Crippen LogP contribution is -2.54. The first-order valence-electron chi connectivity index (χ1n) is 18.1. The van der Waals surface area contributed by atoms with Crippen molar-refractivity contribution in [3.8, 4) is 11.8 Å². The van der Waals surface area contributed by atoms with Gasteiger partial charge < -0.3 is 25.2 Å². The van der Waals surface area contributed by atoms with Crippen LogP contribution < -0.4 is 30.5 Å². The summed E-state index contributed by atoms with van der Waals surface area (Å²) in [6.45, 7) is 3.01. The number of thiocarbonyl (C=S) groups is 1. The molecule has 20 heteroatoms. The van der Waals surface area contributed by atoms with Crippen molar-refractivity contribution in [3.05, 3.63) is 88.0 Å². The van der Waals surface area contributed by atoms with Crippen LogP contribution in [-0.2, 0) is 20.6 Å². The summed E-state index contributed by atoms with van der Waals surface area (Å²) in [5.74, 6) is -6.70. The van der Waals surface area contributed by atoms with Gasteiger partial charge in [-0.2, -0.15) is 18.4 Å². The highest BCUT2D eigenvalue weighted by atomic mass is 32.1. The fourth-order valence-corrected chi connectivity index (χ4v) is 7.61. The summed E-state index contributed by atoms with van der Waals surface area (Å²) >= 11 is 5.52. The van der Waals surface area contributed by atoms with E-state index < -0.39 is 88.3 Å². The number of nitriles is 1. The predicted octanol–water partition coefficient (Wildman–Crippen LogP) is 4.35. The maximum atomic E-state index is 15.4. The Balaban J connectivity index is 0.976. The standard InChI is InChI=1S/C39H34F5N7O7S/c1-38(2)19-49(25-11-8-20(17-45)31(32(25)41)39(42,43)44)37(59)51(38)21-9-10-22(24(40)16-21)33(54)47-15-4-3-14-46-29(53)18-58-27-7-5-6-23-30(27)36(57)50(35(23)56)26-12-13-28(52)48-34(26)55/h5-11,16,26H,3-4,12-15,18-19H2,1-2H3,(H,46,53)(H,47,54)(H,48,52,55). The second-order valence-electron chi connectivity index (χ2n) is 14.3. The van der Waals surface area contributed by atoms with Gasteiger partial charge in [0.25, 0.3) is 23.6 Å². The molecule has 6 amide bonds. The number of hydrogen-bond donors (Lipinski definition) is 3. The van der Waals surface area contributed by atoms with Crippen molar-refractivity contribution >= 4 is 64.1 Å². The number of anilines is 2. The number of halogens is 5. The van der Waals surface area contributed by atoms with Crippen LogP contribution in [-0.4, -0.2) is 83.3 Å². The average Bonchev–Trinajstić information content (AvgIpc) is 3.57. The van der Waals surface area contributed by atoms with Crippen LogP contribution in [0.5, 0.6) is 5.75 Å². The Morgan fingerprint density at radius 2 is 1.73 bits per heavy atom. The van der Waals surface area contributed by atoms with Gasteiger partial charge in [0.2, 0.25) is 11.8 Å². The third-order valence-corrected chi connectivity index (χ3v) is 10.2. The fraction of sp³-hybridized carbons (Fsp3) is 0.333. The second kappa shape index (κ2) is 16.4. The zero-order valence-corrected chi connectivity index (χ0v) is 32.1. The van der Waals surface area contributed by atoms with E-state index >= 15 is 8.78 Å². The highest BCUT2D eigenvalue weighted by Gasteiger charge is 2.47. The number of amides is 6. The molecular formula is C39H34F5N7O7S. The molecule has 3 aromatic rings. The average molecular weight is 840 g/mol. The molecule has 3 N–H and O–H groups in total. The van der Waals surface area contributed by atoms with Crippen LogP contribution in [0.25, 0.3) is 0 Å². The topological polar surface area (TPSA) is 181 Å². The van der Waals surface area contributed by atoms with Gasteiger partial charge in [0, 0.05) is 31.7 Å². The van der Waals surface area contributed by atoms with Crippen molar-refractivity contribution in [2.45, 2.75) is 57.3 Å². The number of nitrogens with zero attached hydrogens (tertiary/aromatic N) is 4. The first kappa shape index (κ1) is 42.1. The molecule has 0 bridgehead atoms. The Hall–Kier alpha value is -6.49. The number of piperidine rings is 1. The highest BCUT2D eigenvalue weighted by molar-refractivity contribution is 7.80. The molecule has 3 aliphatic heterocycles. The predicted molar refractivity (Wildman–Crippen MR) is 202 cm³/mol. The van der Waals surface area contributed by atoms with Crippen molar-refractivity contribution in [3.63, 3.8) is 0 Å². The summed E-state index contributed by atoms with van der Waals surface area (Å²) < 4.78 is 77.2. The maximum Gasteiger partial charge on any atom is 0.420 e. The minimum absolute atomic E-state index is 0.00555. The summed E-state index contributed by atoms with van der Waals surface area (Å²) in [4.78, 5) is 78.8. The van der Waals surface area contributed by atoms with E-state index in [4.69, 9.17) is 22.2 Å². The molecule has 3 aliphatic rings. The largest absolute Gasteiger partial charge is 0.483 e. The van der Waals surface area contributed by atoms with Crippen molar-refractivity contribution in [2.75, 3.05) is 36.0 Å². The molecule has 0 saturated carbocycles. The molecule has 59 heavy (non-hydrogen) atoms. The van der Waals surface area contributed by atoms with Crippen LogP contribution in [0.15, 0.2) is 48.5 Å². The molecule has 2 saturated heterocycles. The van der Waals surface area contributed by atoms with Crippen LogP contribution in [0, 0.1) is 23.0 Å². The van der Waals surface area contributed by atoms with Crippen molar-refractivity contribution in [1.82, 2.24) is 20.9 Å². The van der Waals surface area contributed by atoms with Gasteiger partial charge in [-0.15, -0.1) is 0 Å².